The highest BCUT2D eigenvalue weighted by molar-refractivity contribution is 7.99. The minimum atomic E-state index is -0.137. The summed E-state index contributed by atoms with van der Waals surface area (Å²) in [5, 5.41) is 4.62. The van der Waals surface area contributed by atoms with E-state index in [-0.39, 0.29) is 29.2 Å². The first kappa shape index (κ1) is 21.7. The Bertz CT molecular complexity index is 1180. The van der Waals surface area contributed by atoms with Gasteiger partial charge in [-0.05, 0) is 30.2 Å². The van der Waals surface area contributed by atoms with E-state index in [0.29, 0.717) is 34.2 Å². The molecule has 1 unspecified atom stereocenters. The molecule has 1 aliphatic heterocycles. The molecule has 1 aliphatic rings. The molecule has 2 heterocycles. The van der Waals surface area contributed by atoms with Gasteiger partial charge in [-0.1, -0.05) is 55.4 Å². The second-order valence-corrected chi connectivity index (χ2v) is 9.33. The lowest BCUT2D eigenvalue weighted by atomic mass is 10.0. The van der Waals surface area contributed by atoms with Gasteiger partial charge in [0.05, 0.1) is 29.3 Å². The van der Waals surface area contributed by atoms with Crippen LogP contribution in [0.4, 0.5) is 0 Å². The van der Waals surface area contributed by atoms with Crippen LogP contribution in [0.15, 0.2) is 52.4 Å². The van der Waals surface area contributed by atoms with E-state index in [1.54, 1.807) is 22.8 Å². The Hall–Kier alpha value is -2.51. The number of carbonyl (C=O) groups excluding carboxylic acids is 1. The standard InChI is InChI=1S/C23H24ClN3O3S/c1-14(2)12-27-22(29)17-11-15(24)7-8-18(17)26-23(27)31-13-21(28)25-19-9-10-30-20-6-4-3-5-16(19)20/h3-8,11,14,19H,9-10,12-13H2,1-2H3,(H,25,28). The first-order valence-corrected chi connectivity index (χ1v) is 11.6. The zero-order chi connectivity index (χ0) is 22.0. The van der Waals surface area contributed by atoms with Crippen LogP contribution in [-0.4, -0.2) is 27.8 Å². The Balaban J connectivity index is 1.54. The van der Waals surface area contributed by atoms with Crippen LogP contribution in [0.5, 0.6) is 5.75 Å². The van der Waals surface area contributed by atoms with Crippen molar-refractivity contribution in [2.24, 2.45) is 5.92 Å². The van der Waals surface area contributed by atoms with E-state index in [0.717, 1.165) is 17.7 Å². The molecule has 8 heteroatoms. The van der Waals surface area contributed by atoms with Crippen LogP contribution >= 0.6 is 23.4 Å². The monoisotopic (exact) mass is 457 g/mol. The third-order valence-corrected chi connectivity index (χ3v) is 6.27. The molecule has 2 aromatic carbocycles. The van der Waals surface area contributed by atoms with E-state index in [1.807, 2.05) is 38.1 Å². The van der Waals surface area contributed by atoms with Gasteiger partial charge in [-0.15, -0.1) is 0 Å². The number of carbonyl (C=O) groups is 1. The Labute approximate surface area is 190 Å². The number of aromatic nitrogens is 2. The topological polar surface area (TPSA) is 73.2 Å². The smallest absolute Gasteiger partial charge is 0.262 e. The molecule has 0 saturated carbocycles. The predicted molar refractivity (Wildman–Crippen MR) is 124 cm³/mol. The van der Waals surface area contributed by atoms with E-state index in [4.69, 9.17) is 16.3 Å². The second-order valence-electron chi connectivity index (χ2n) is 7.95. The number of nitrogens with zero attached hydrogens (tertiary/aromatic N) is 2. The van der Waals surface area contributed by atoms with Crippen LogP contribution in [0.2, 0.25) is 5.02 Å². The van der Waals surface area contributed by atoms with Crippen LogP contribution in [0.3, 0.4) is 0 Å². The third-order valence-electron chi connectivity index (χ3n) is 5.05. The molecule has 0 spiro atoms. The fourth-order valence-electron chi connectivity index (χ4n) is 3.67. The van der Waals surface area contributed by atoms with Gasteiger partial charge < -0.3 is 10.1 Å². The molecular weight excluding hydrogens is 434 g/mol. The molecule has 4 rings (SSSR count). The maximum atomic E-state index is 13.1. The second kappa shape index (κ2) is 9.32. The van der Waals surface area contributed by atoms with Crippen LogP contribution in [-0.2, 0) is 11.3 Å². The van der Waals surface area contributed by atoms with Gasteiger partial charge in [-0.2, -0.15) is 0 Å². The normalized spacial score (nSPS) is 15.5. The van der Waals surface area contributed by atoms with Crippen LogP contribution in [0.1, 0.15) is 31.9 Å². The number of para-hydroxylation sites is 1. The average molecular weight is 458 g/mol. The summed E-state index contributed by atoms with van der Waals surface area (Å²) in [6.07, 6.45) is 0.723. The van der Waals surface area contributed by atoms with E-state index < -0.39 is 0 Å². The number of fused-ring (bicyclic) bond motifs is 2. The lowest BCUT2D eigenvalue weighted by molar-refractivity contribution is -0.119. The average Bonchev–Trinajstić information content (AvgIpc) is 2.75. The molecular formula is C23H24ClN3O3S. The van der Waals surface area contributed by atoms with Gasteiger partial charge in [0, 0.05) is 23.6 Å². The maximum Gasteiger partial charge on any atom is 0.262 e. The van der Waals surface area contributed by atoms with Crippen molar-refractivity contribution < 1.29 is 9.53 Å². The summed E-state index contributed by atoms with van der Waals surface area (Å²) in [6, 6.07) is 12.8. The number of amides is 1. The minimum Gasteiger partial charge on any atom is -0.493 e. The molecule has 0 fully saturated rings. The van der Waals surface area contributed by atoms with Crippen LogP contribution in [0.25, 0.3) is 10.9 Å². The molecule has 162 valence electrons. The highest BCUT2D eigenvalue weighted by Gasteiger charge is 2.23. The molecule has 0 bridgehead atoms. The number of thioether (sulfide) groups is 1. The molecule has 31 heavy (non-hydrogen) atoms. The lowest BCUT2D eigenvalue weighted by Crippen LogP contribution is -2.33. The number of rotatable bonds is 6. The summed E-state index contributed by atoms with van der Waals surface area (Å²) in [5.74, 6) is 1.13. The van der Waals surface area contributed by atoms with Gasteiger partial charge in [0.2, 0.25) is 5.91 Å². The zero-order valence-electron chi connectivity index (χ0n) is 17.4. The van der Waals surface area contributed by atoms with Crippen molar-refractivity contribution >= 4 is 40.2 Å². The minimum absolute atomic E-state index is 0.0809. The molecule has 3 aromatic rings. The van der Waals surface area contributed by atoms with Crippen molar-refractivity contribution in [3.63, 3.8) is 0 Å². The van der Waals surface area contributed by atoms with Crippen molar-refractivity contribution in [1.29, 1.82) is 0 Å². The highest BCUT2D eigenvalue weighted by Crippen LogP contribution is 2.31. The van der Waals surface area contributed by atoms with Crippen molar-refractivity contribution in [3.05, 3.63) is 63.4 Å². The van der Waals surface area contributed by atoms with Gasteiger partial charge in [0.25, 0.3) is 5.56 Å². The summed E-state index contributed by atoms with van der Waals surface area (Å²) in [6.45, 7) is 5.17. The third kappa shape index (κ3) is 4.88. The summed E-state index contributed by atoms with van der Waals surface area (Å²) < 4.78 is 7.31. The van der Waals surface area contributed by atoms with Crippen molar-refractivity contribution in [3.8, 4) is 5.75 Å². The summed E-state index contributed by atoms with van der Waals surface area (Å²) in [7, 11) is 0. The predicted octanol–water partition coefficient (Wildman–Crippen LogP) is 4.44. The van der Waals surface area contributed by atoms with E-state index >= 15 is 0 Å². The maximum absolute atomic E-state index is 13.1. The number of ether oxygens (including phenoxy) is 1. The fraction of sp³-hybridized carbons (Fsp3) is 0.348. The van der Waals surface area contributed by atoms with Gasteiger partial charge in [0.15, 0.2) is 5.16 Å². The molecule has 1 N–H and O–H groups in total. The molecule has 1 amide bonds. The van der Waals surface area contributed by atoms with Crippen molar-refractivity contribution in [2.45, 2.75) is 38.0 Å². The lowest BCUT2D eigenvalue weighted by Gasteiger charge is -2.26. The molecule has 6 nitrogen and oxygen atoms in total. The number of hydrogen-bond acceptors (Lipinski definition) is 5. The first-order valence-electron chi connectivity index (χ1n) is 10.3. The van der Waals surface area contributed by atoms with E-state index in [1.165, 1.54) is 11.8 Å². The van der Waals surface area contributed by atoms with Crippen LogP contribution in [0, 0.1) is 5.92 Å². The van der Waals surface area contributed by atoms with E-state index in [2.05, 4.69) is 10.3 Å². The summed E-state index contributed by atoms with van der Waals surface area (Å²) in [4.78, 5) is 30.4. The van der Waals surface area contributed by atoms with Gasteiger partial charge >= 0.3 is 0 Å². The molecule has 0 saturated heterocycles. The Morgan fingerprint density at radius 1 is 1.32 bits per heavy atom. The van der Waals surface area contributed by atoms with Crippen LogP contribution < -0.4 is 15.6 Å². The highest BCUT2D eigenvalue weighted by atomic mass is 35.5. The van der Waals surface area contributed by atoms with Crippen molar-refractivity contribution in [1.82, 2.24) is 14.9 Å². The summed E-state index contributed by atoms with van der Waals surface area (Å²) in [5.41, 5.74) is 1.43. The van der Waals surface area contributed by atoms with Gasteiger partial charge in [-0.25, -0.2) is 4.98 Å². The molecule has 1 aromatic heterocycles. The SMILES string of the molecule is CC(C)Cn1c(SCC(=O)NC2CCOc3ccccc32)nc2ccc(Cl)cc2c1=O. The fourth-order valence-corrected chi connectivity index (χ4v) is 4.66. The Kier molecular flexibility index (Phi) is 6.53. The van der Waals surface area contributed by atoms with Crippen molar-refractivity contribution in [2.75, 3.05) is 12.4 Å². The zero-order valence-corrected chi connectivity index (χ0v) is 19.0. The number of benzene rings is 2. The Morgan fingerprint density at radius 3 is 2.94 bits per heavy atom. The Morgan fingerprint density at radius 2 is 2.13 bits per heavy atom. The largest absolute Gasteiger partial charge is 0.493 e. The molecule has 1 atom stereocenters. The quantitative estimate of drug-likeness (QED) is 0.437. The first-order chi connectivity index (χ1) is 14.9. The number of nitrogens with one attached hydrogen (secondary N) is 1. The van der Waals surface area contributed by atoms with E-state index in [9.17, 15) is 9.59 Å². The molecule has 0 aliphatic carbocycles. The number of halogens is 1. The van der Waals surface area contributed by atoms with Gasteiger partial charge in [-0.3, -0.25) is 14.2 Å². The summed E-state index contributed by atoms with van der Waals surface area (Å²) >= 11 is 7.35. The van der Waals surface area contributed by atoms with Gasteiger partial charge in [0.1, 0.15) is 5.75 Å². The molecule has 0 radical (unpaired) electrons. The number of hydrogen-bond donors (Lipinski definition) is 1.